The van der Waals surface area contributed by atoms with Crippen molar-refractivity contribution in [1.29, 1.82) is 0 Å². The van der Waals surface area contributed by atoms with E-state index in [0.717, 1.165) is 12.1 Å². The molecule has 0 fully saturated rings. The molecule has 0 spiro atoms. The molecular formula is C11H9F2NO2. The van der Waals surface area contributed by atoms with E-state index in [1.54, 1.807) is 0 Å². The van der Waals surface area contributed by atoms with Crippen molar-refractivity contribution in [3.63, 3.8) is 0 Å². The average molecular weight is 225 g/mol. The van der Waals surface area contributed by atoms with Crippen molar-refractivity contribution in [2.24, 2.45) is 0 Å². The number of nitrogens with zero attached hydrogens (tertiary/aromatic N) is 1. The predicted molar refractivity (Wildman–Crippen MR) is 53.5 cm³/mol. The van der Waals surface area contributed by atoms with E-state index in [1.807, 2.05) is 0 Å². The van der Waals surface area contributed by atoms with Crippen molar-refractivity contribution < 1.29 is 18.7 Å². The molecule has 0 aliphatic carbocycles. The minimum Gasteiger partial charge on any atom is -0.510 e. The summed E-state index contributed by atoms with van der Waals surface area (Å²) in [6.07, 6.45) is 0. The lowest BCUT2D eigenvalue weighted by Gasteiger charge is -2.07. The molecule has 0 saturated carbocycles. The van der Waals surface area contributed by atoms with Crippen molar-refractivity contribution >= 4 is 11.5 Å². The number of amides is 1. The first-order chi connectivity index (χ1) is 7.49. The Morgan fingerprint density at radius 3 is 2.25 bits per heavy atom. The van der Waals surface area contributed by atoms with Crippen LogP contribution in [0.1, 0.15) is 5.56 Å². The summed E-state index contributed by atoms with van der Waals surface area (Å²) in [7, 11) is 1.50. The zero-order chi connectivity index (χ0) is 11.9. The minimum absolute atomic E-state index is 0.0408. The summed E-state index contributed by atoms with van der Waals surface area (Å²) in [5.74, 6) is -2.17. The van der Waals surface area contributed by atoms with E-state index >= 15 is 0 Å². The second-order valence-corrected chi connectivity index (χ2v) is 3.64. The molecule has 5 heteroatoms. The maximum Gasteiger partial charge on any atom is 0.258 e. The molecule has 1 aliphatic rings. The fourth-order valence-electron chi connectivity index (χ4n) is 1.68. The summed E-state index contributed by atoms with van der Waals surface area (Å²) >= 11 is 0. The molecule has 0 bridgehead atoms. The van der Waals surface area contributed by atoms with Crippen LogP contribution in [0.2, 0.25) is 0 Å². The van der Waals surface area contributed by atoms with Gasteiger partial charge in [-0.15, -0.1) is 0 Å². The molecule has 1 heterocycles. The van der Waals surface area contributed by atoms with Gasteiger partial charge in [0.1, 0.15) is 17.4 Å². The van der Waals surface area contributed by atoms with Gasteiger partial charge in [-0.2, -0.15) is 0 Å². The summed E-state index contributed by atoms with van der Waals surface area (Å²) in [4.78, 5) is 12.9. The van der Waals surface area contributed by atoms with E-state index in [1.165, 1.54) is 11.9 Å². The number of aliphatic hydroxyl groups is 1. The molecule has 1 aromatic rings. The SMILES string of the molecule is CN1CC(O)=C(c2cc(F)cc(F)c2)C1=O. The lowest BCUT2D eigenvalue weighted by atomic mass is 10.1. The largest absolute Gasteiger partial charge is 0.510 e. The van der Waals surface area contributed by atoms with Gasteiger partial charge in [0.05, 0.1) is 12.1 Å². The third kappa shape index (κ3) is 1.64. The summed E-state index contributed by atoms with van der Waals surface area (Å²) in [6, 6.07) is 2.75. The summed E-state index contributed by atoms with van der Waals surface area (Å²) < 4.78 is 25.9. The molecule has 1 aliphatic heterocycles. The van der Waals surface area contributed by atoms with Crippen LogP contribution in [0.25, 0.3) is 5.57 Å². The topological polar surface area (TPSA) is 40.5 Å². The zero-order valence-corrected chi connectivity index (χ0v) is 8.50. The summed E-state index contributed by atoms with van der Waals surface area (Å²) in [6.45, 7) is 0.0618. The highest BCUT2D eigenvalue weighted by Crippen LogP contribution is 2.26. The number of carbonyl (C=O) groups is 1. The van der Waals surface area contributed by atoms with Crippen LogP contribution in [0.15, 0.2) is 24.0 Å². The molecule has 0 unspecified atom stereocenters. The highest BCUT2D eigenvalue weighted by atomic mass is 19.1. The van der Waals surface area contributed by atoms with Gasteiger partial charge in [-0.3, -0.25) is 4.79 Å². The molecule has 0 radical (unpaired) electrons. The first kappa shape index (κ1) is 10.6. The molecule has 1 N–H and O–H groups in total. The fraction of sp³-hybridized carbons (Fsp3) is 0.182. The minimum atomic E-state index is -0.780. The van der Waals surface area contributed by atoms with E-state index < -0.39 is 17.5 Å². The molecule has 1 aromatic carbocycles. The van der Waals surface area contributed by atoms with Crippen LogP contribution in [0, 0.1) is 11.6 Å². The predicted octanol–water partition coefficient (Wildman–Crippen LogP) is 1.71. The Bertz CT molecular complexity index is 477. The highest BCUT2D eigenvalue weighted by molar-refractivity contribution is 6.22. The zero-order valence-electron chi connectivity index (χ0n) is 8.50. The monoisotopic (exact) mass is 225 g/mol. The number of hydrogen-bond donors (Lipinski definition) is 1. The lowest BCUT2D eigenvalue weighted by Crippen LogP contribution is -2.21. The molecule has 3 nitrogen and oxygen atoms in total. The second kappa shape index (κ2) is 3.59. The lowest BCUT2D eigenvalue weighted by molar-refractivity contribution is -0.122. The van der Waals surface area contributed by atoms with Gasteiger partial charge in [0, 0.05) is 13.1 Å². The van der Waals surface area contributed by atoms with Crippen molar-refractivity contribution in [2.75, 3.05) is 13.6 Å². The van der Waals surface area contributed by atoms with Crippen LogP contribution < -0.4 is 0 Å². The quantitative estimate of drug-likeness (QED) is 0.790. The van der Waals surface area contributed by atoms with Gasteiger partial charge in [0.2, 0.25) is 0 Å². The molecular weight excluding hydrogens is 216 g/mol. The number of aliphatic hydroxyl groups excluding tert-OH is 1. The van der Waals surface area contributed by atoms with E-state index in [2.05, 4.69) is 0 Å². The first-order valence-corrected chi connectivity index (χ1v) is 4.63. The summed E-state index contributed by atoms with van der Waals surface area (Å²) in [5, 5.41) is 9.54. The van der Waals surface area contributed by atoms with Crippen LogP contribution in [0.5, 0.6) is 0 Å². The average Bonchev–Trinajstić information content (AvgIpc) is 2.39. The van der Waals surface area contributed by atoms with Crippen LogP contribution in [-0.4, -0.2) is 29.5 Å². The summed E-state index contributed by atoms with van der Waals surface area (Å²) in [5.41, 5.74) is 0.0188. The van der Waals surface area contributed by atoms with Gasteiger partial charge in [-0.1, -0.05) is 0 Å². The first-order valence-electron chi connectivity index (χ1n) is 4.63. The van der Waals surface area contributed by atoms with Crippen molar-refractivity contribution in [2.45, 2.75) is 0 Å². The van der Waals surface area contributed by atoms with Crippen LogP contribution in [-0.2, 0) is 4.79 Å². The van der Waals surface area contributed by atoms with E-state index in [0.29, 0.717) is 6.07 Å². The fourth-order valence-corrected chi connectivity index (χ4v) is 1.68. The normalized spacial score (nSPS) is 16.2. The van der Waals surface area contributed by atoms with E-state index in [4.69, 9.17) is 0 Å². The Morgan fingerprint density at radius 1 is 1.25 bits per heavy atom. The second-order valence-electron chi connectivity index (χ2n) is 3.64. The molecule has 2 rings (SSSR count). The van der Waals surface area contributed by atoms with Gasteiger partial charge >= 0.3 is 0 Å². The Morgan fingerprint density at radius 2 is 1.81 bits per heavy atom. The third-order valence-corrected chi connectivity index (χ3v) is 2.39. The maximum atomic E-state index is 13.0. The third-order valence-electron chi connectivity index (χ3n) is 2.39. The van der Waals surface area contributed by atoms with Crippen molar-refractivity contribution in [3.8, 4) is 0 Å². The molecule has 0 saturated heterocycles. The van der Waals surface area contributed by atoms with E-state index in [9.17, 15) is 18.7 Å². The van der Waals surface area contributed by atoms with E-state index in [-0.39, 0.29) is 23.4 Å². The van der Waals surface area contributed by atoms with Crippen molar-refractivity contribution in [1.82, 2.24) is 4.90 Å². The number of carbonyl (C=O) groups excluding carboxylic acids is 1. The molecule has 1 amide bonds. The molecule has 0 atom stereocenters. The smallest absolute Gasteiger partial charge is 0.258 e. The Labute approximate surface area is 90.6 Å². The van der Waals surface area contributed by atoms with Crippen molar-refractivity contribution in [3.05, 3.63) is 41.2 Å². The van der Waals surface area contributed by atoms with Gasteiger partial charge in [-0.05, 0) is 17.7 Å². The molecule has 0 aromatic heterocycles. The Balaban J connectivity index is 2.52. The van der Waals surface area contributed by atoms with Crippen LogP contribution in [0.3, 0.4) is 0 Å². The standard InChI is InChI=1S/C11H9F2NO2/c1-14-5-9(15)10(11(14)16)6-2-7(12)4-8(13)3-6/h2-4,15H,5H2,1H3. The maximum absolute atomic E-state index is 13.0. The van der Waals surface area contributed by atoms with Crippen LogP contribution >= 0.6 is 0 Å². The van der Waals surface area contributed by atoms with Gasteiger partial charge in [0.15, 0.2) is 0 Å². The van der Waals surface area contributed by atoms with Gasteiger partial charge in [0.25, 0.3) is 5.91 Å². The molecule has 16 heavy (non-hydrogen) atoms. The van der Waals surface area contributed by atoms with Gasteiger partial charge in [-0.25, -0.2) is 8.78 Å². The number of benzene rings is 1. The van der Waals surface area contributed by atoms with Gasteiger partial charge < -0.3 is 10.0 Å². The Kier molecular flexibility index (Phi) is 2.38. The highest BCUT2D eigenvalue weighted by Gasteiger charge is 2.29. The number of halogens is 2. The Hall–Kier alpha value is -1.91. The number of hydrogen-bond acceptors (Lipinski definition) is 2. The number of rotatable bonds is 1. The van der Waals surface area contributed by atoms with Crippen LogP contribution in [0.4, 0.5) is 8.78 Å². The molecule has 84 valence electrons. The number of likely N-dealkylation sites (N-methyl/N-ethyl adjacent to an activating group) is 1.